The van der Waals surface area contributed by atoms with Gasteiger partial charge in [0.25, 0.3) is 5.22 Å². The Morgan fingerprint density at radius 1 is 1.12 bits per heavy atom. The van der Waals surface area contributed by atoms with Crippen LogP contribution in [-0.2, 0) is 4.79 Å². The fourth-order valence-electron chi connectivity index (χ4n) is 3.53. The number of terminal acetylenes is 1. The van der Waals surface area contributed by atoms with Crippen molar-refractivity contribution in [3.05, 3.63) is 54.1 Å². The first-order valence-corrected chi connectivity index (χ1v) is 11.4. The summed E-state index contributed by atoms with van der Waals surface area (Å²) in [7, 11) is 0. The van der Waals surface area contributed by atoms with E-state index in [0.717, 1.165) is 48.7 Å². The highest BCUT2D eigenvalue weighted by Gasteiger charge is 2.19. The van der Waals surface area contributed by atoms with E-state index in [1.54, 1.807) is 0 Å². The van der Waals surface area contributed by atoms with Crippen LogP contribution >= 0.6 is 11.8 Å². The number of carbonyl (C=O) groups excluding carboxylic acids is 1. The number of hydrogen-bond donors (Lipinski definition) is 1. The van der Waals surface area contributed by atoms with Crippen LogP contribution in [0.15, 0.2) is 58.2 Å². The van der Waals surface area contributed by atoms with Crippen LogP contribution in [0.5, 0.6) is 0 Å². The lowest BCUT2D eigenvalue weighted by molar-refractivity contribution is -0.113. The van der Waals surface area contributed by atoms with Crippen molar-refractivity contribution < 1.29 is 9.21 Å². The zero-order valence-corrected chi connectivity index (χ0v) is 18.8. The fourth-order valence-corrected chi connectivity index (χ4v) is 4.09. The molecular formula is C24H25N5O2S. The molecule has 0 saturated carbocycles. The Kier molecular flexibility index (Phi) is 7.10. The van der Waals surface area contributed by atoms with Gasteiger partial charge < -0.3 is 14.6 Å². The molecule has 1 saturated heterocycles. The van der Waals surface area contributed by atoms with E-state index in [-0.39, 0.29) is 11.7 Å². The molecule has 3 aromatic rings. The van der Waals surface area contributed by atoms with E-state index >= 15 is 0 Å². The summed E-state index contributed by atoms with van der Waals surface area (Å²) >= 11 is 1.22. The Bertz CT molecular complexity index is 1100. The topological polar surface area (TPSA) is 74.5 Å². The van der Waals surface area contributed by atoms with Gasteiger partial charge in [-0.1, -0.05) is 47.5 Å². The molecule has 164 valence electrons. The van der Waals surface area contributed by atoms with E-state index in [4.69, 9.17) is 10.8 Å². The SMILES string of the molecule is C#CCN1CCN(c2ccccc2NC(=O)CSc2nnc(-c3ccc(C)cc3)o2)CC1. The molecule has 4 rings (SSSR count). The minimum atomic E-state index is -0.122. The second kappa shape index (κ2) is 10.4. The summed E-state index contributed by atoms with van der Waals surface area (Å²) in [6, 6.07) is 15.7. The van der Waals surface area contributed by atoms with Gasteiger partial charge in [0.2, 0.25) is 11.8 Å². The molecule has 0 unspecified atom stereocenters. The third kappa shape index (κ3) is 5.49. The van der Waals surface area contributed by atoms with Gasteiger partial charge in [-0.25, -0.2) is 0 Å². The van der Waals surface area contributed by atoms with Crippen LogP contribution < -0.4 is 10.2 Å². The maximum atomic E-state index is 12.6. The lowest BCUT2D eigenvalue weighted by Crippen LogP contribution is -2.46. The molecule has 1 aliphatic heterocycles. The molecule has 0 atom stereocenters. The molecule has 7 nitrogen and oxygen atoms in total. The summed E-state index contributed by atoms with van der Waals surface area (Å²) in [6.45, 7) is 6.24. The number of piperazine rings is 1. The average Bonchev–Trinajstić information content (AvgIpc) is 3.29. The highest BCUT2D eigenvalue weighted by Crippen LogP contribution is 2.28. The summed E-state index contributed by atoms with van der Waals surface area (Å²) in [5, 5.41) is 11.5. The Balaban J connectivity index is 1.33. The van der Waals surface area contributed by atoms with Gasteiger partial charge in [-0.3, -0.25) is 9.69 Å². The number of amides is 1. The highest BCUT2D eigenvalue weighted by molar-refractivity contribution is 7.99. The minimum Gasteiger partial charge on any atom is -0.411 e. The lowest BCUT2D eigenvalue weighted by atomic mass is 10.1. The molecule has 1 fully saturated rings. The summed E-state index contributed by atoms with van der Waals surface area (Å²) in [5.41, 5.74) is 3.84. The molecule has 0 aliphatic carbocycles. The van der Waals surface area contributed by atoms with Crippen LogP contribution in [0.25, 0.3) is 11.5 Å². The van der Waals surface area contributed by atoms with Gasteiger partial charge in [-0.05, 0) is 31.2 Å². The number of anilines is 2. The van der Waals surface area contributed by atoms with E-state index in [1.807, 2.05) is 55.5 Å². The molecule has 0 radical (unpaired) electrons. The van der Waals surface area contributed by atoms with Gasteiger partial charge >= 0.3 is 0 Å². The number of rotatable bonds is 7. The van der Waals surface area contributed by atoms with Crippen molar-refractivity contribution in [2.45, 2.75) is 12.1 Å². The molecular weight excluding hydrogens is 422 g/mol. The number of hydrogen-bond acceptors (Lipinski definition) is 7. The standard InChI is InChI=1S/C24H25N5O2S/c1-3-12-28-13-15-29(16-14-28)21-7-5-4-6-20(21)25-22(30)17-32-24-27-26-23(31-24)19-10-8-18(2)9-11-19/h1,4-11H,12-17H2,2H3,(H,25,30). The third-order valence-corrected chi connectivity index (χ3v) is 6.06. The van der Waals surface area contributed by atoms with Gasteiger partial charge in [-0.2, -0.15) is 0 Å². The Hall–Kier alpha value is -3.28. The summed E-state index contributed by atoms with van der Waals surface area (Å²) in [4.78, 5) is 17.1. The maximum Gasteiger partial charge on any atom is 0.277 e. The van der Waals surface area contributed by atoms with Crippen LogP contribution in [0.2, 0.25) is 0 Å². The number of para-hydroxylation sites is 2. The zero-order chi connectivity index (χ0) is 22.3. The van der Waals surface area contributed by atoms with Crippen molar-refractivity contribution >= 4 is 29.0 Å². The second-order valence-electron chi connectivity index (χ2n) is 7.56. The summed E-state index contributed by atoms with van der Waals surface area (Å²) < 4.78 is 5.69. The number of nitrogens with one attached hydrogen (secondary N) is 1. The predicted molar refractivity (Wildman–Crippen MR) is 128 cm³/mol. The van der Waals surface area contributed by atoms with Crippen LogP contribution in [0.3, 0.4) is 0 Å². The summed E-state index contributed by atoms with van der Waals surface area (Å²) in [6.07, 6.45) is 5.42. The zero-order valence-electron chi connectivity index (χ0n) is 18.0. The quantitative estimate of drug-likeness (QED) is 0.439. The lowest BCUT2D eigenvalue weighted by Gasteiger charge is -2.36. The van der Waals surface area contributed by atoms with E-state index < -0.39 is 0 Å². The molecule has 2 aromatic carbocycles. The van der Waals surface area contributed by atoms with Gasteiger partial charge in [0.1, 0.15) is 0 Å². The van der Waals surface area contributed by atoms with Crippen LogP contribution in [0.4, 0.5) is 11.4 Å². The van der Waals surface area contributed by atoms with Crippen LogP contribution in [0, 0.1) is 19.3 Å². The number of carbonyl (C=O) groups is 1. The van der Waals surface area contributed by atoms with E-state index in [1.165, 1.54) is 11.8 Å². The Morgan fingerprint density at radius 3 is 2.62 bits per heavy atom. The van der Waals surface area contributed by atoms with E-state index in [9.17, 15) is 4.79 Å². The van der Waals surface area contributed by atoms with Gasteiger partial charge in [0, 0.05) is 31.7 Å². The van der Waals surface area contributed by atoms with Gasteiger partial charge in [0.05, 0.1) is 23.7 Å². The Labute approximate surface area is 192 Å². The molecule has 1 N–H and O–H groups in total. The smallest absolute Gasteiger partial charge is 0.277 e. The van der Waals surface area contributed by atoms with E-state index in [0.29, 0.717) is 17.7 Å². The van der Waals surface area contributed by atoms with Crippen molar-refractivity contribution in [3.8, 4) is 23.8 Å². The first-order chi connectivity index (χ1) is 15.6. The third-order valence-electron chi connectivity index (χ3n) is 5.24. The van der Waals surface area contributed by atoms with Crippen LogP contribution in [0.1, 0.15) is 5.56 Å². The molecule has 1 amide bonds. The van der Waals surface area contributed by atoms with Crippen molar-refractivity contribution in [3.63, 3.8) is 0 Å². The maximum absolute atomic E-state index is 12.6. The van der Waals surface area contributed by atoms with Gasteiger partial charge in [0.15, 0.2) is 0 Å². The molecule has 0 spiro atoms. The van der Waals surface area contributed by atoms with Crippen molar-refractivity contribution in [1.82, 2.24) is 15.1 Å². The average molecular weight is 448 g/mol. The van der Waals surface area contributed by atoms with Gasteiger partial charge in [-0.15, -0.1) is 16.6 Å². The number of benzene rings is 2. The predicted octanol–water partition coefficient (Wildman–Crippen LogP) is 3.53. The molecule has 1 aromatic heterocycles. The number of thioether (sulfide) groups is 1. The number of aryl methyl sites for hydroxylation is 1. The Morgan fingerprint density at radius 2 is 1.88 bits per heavy atom. The van der Waals surface area contributed by atoms with Crippen LogP contribution in [-0.4, -0.2) is 59.5 Å². The molecule has 8 heteroatoms. The fraction of sp³-hybridized carbons (Fsp3) is 0.292. The normalized spacial score (nSPS) is 14.2. The van der Waals surface area contributed by atoms with Crippen molar-refractivity contribution in [2.75, 3.05) is 48.7 Å². The summed E-state index contributed by atoms with van der Waals surface area (Å²) in [5.74, 6) is 3.21. The molecule has 0 bridgehead atoms. The van der Waals surface area contributed by atoms with E-state index in [2.05, 4.69) is 31.2 Å². The second-order valence-corrected chi connectivity index (χ2v) is 8.49. The number of nitrogens with zero attached hydrogens (tertiary/aromatic N) is 4. The molecule has 32 heavy (non-hydrogen) atoms. The highest BCUT2D eigenvalue weighted by atomic mass is 32.2. The molecule has 1 aliphatic rings. The van der Waals surface area contributed by atoms with Crippen molar-refractivity contribution in [2.24, 2.45) is 0 Å². The first kappa shape index (κ1) is 21.9. The molecule has 2 heterocycles. The van der Waals surface area contributed by atoms with Crippen molar-refractivity contribution in [1.29, 1.82) is 0 Å². The minimum absolute atomic E-state index is 0.122. The largest absolute Gasteiger partial charge is 0.411 e. The monoisotopic (exact) mass is 447 g/mol. The first-order valence-electron chi connectivity index (χ1n) is 10.5. The number of aromatic nitrogens is 2.